The summed E-state index contributed by atoms with van der Waals surface area (Å²) in [6.07, 6.45) is 4.39. The van der Waals surface area contributed by atoms with Gasteiger partial charge in [-0.25, -0.2) is 9.48 Å². The van der Waals surface area contributed by atoms with Gasteiger partial charge in [-0.1, -0.05) is 28.9 Å². The minimum absolute atomic E-state index is 0.0607. The Kier molecular flexibility index (Phi) is 6.87. The molecule has 1 saturated heterocycles. The van der Waals surface area contributed by atoms with Gasteiger partial charge in [0.25, 0.3) is 0 Å². The molecule has 0 spiro atoms. The van der Waals surface area contributed by atoms with E-state index in [2.05, 4.69) is 20.5 Å². The molecule has 0 radical (unpaired) electrons. The highest BCUT2D eigenvalue weighted by molar-refractivity contribution is 6.30. The fourth-order valence-electron chi connectivity index (χ4n) is 3.91. The summed E-state index contributed by atoms with van der Waals surface area (Å²) in [6.45, 7) is 1.57. The first-order chi connectivity index (χ1) is 15.5. The highest BCUT2D eigenvalue weighted by Crippen LogP contribution is 2.29. The lowest BCUT2D eigenvalue weighted by molar-refractivity contribution is -0.125. The summed E-state index contributed by atoms with van der Waals surface area (Å²) in [4.78, 5) is 26.8. The number of rotatable bonds is 8. The number of methoxy groups -OCH3 is 1. The predicted molar refractivity (Wildman–Crippen MR) is 116 cm³/mol. The van der Waals surface area contributed by atoms with Crippen molar-refractivity contribution in [1.82, 2.24) is 25.2 Å². The summed E-state index contributed by atoms with van der Waals surface area (Å²) in [6, 6.07) is 10.8. The number of amides is 1. The standard InChI is InChI=1S/C22H24ClN5O4/c1-31-22(30)19-14-28(26-25-19)17-11-20(27(12-17)13-18-6-3-9-32-18)21(29)24-8-7-15-4-2-5-16(23)10-15/h2-6,9-10,14,17,20H,7-8,11-13H2,1H3,(H,24,29)/t17-,20+/m1/s1. The molecule has 1 aromatic carbocycles. The summed E-state index contributed by atoms with van der Waals surface area (Å²) < 4.78 is 11.8. The number of aromatic nitrogens is 3. The zero-order valence-electron chi connectivity index (χ0n) is 17.6. The minimum atomic E-state index is -0.544. The first kappa shape index (κ1) is 22.0. The molecule has 0 bridgehead atoms. The summed E-state index contributed by atoms with van der Waals surface area (Å²) in [5.74, 6) is 0.169. The summed E-state index contributed by atoms with van der Waals surface area (Å²) >= 11 is 6.04. The third-order valence-electron chi connectivity index (χ3n) is 5.50. The Morgan fingerprint density at radius 2 is 2.19 bits per heavy atom. The second kappa shape index (κ2) is 9.97. The molecular weight excluding hydrogens is 434 g/mol. The third kappa shape index (κ3) is 5.17. The van der Waals surface area contributed by atoms with Crippen molar-refractivity contribution >= 4 is 23.5 Å². The number of furan rings is 1. The SMILES string of the molecule is COC(=O)c1cn([C@@H]2C[C@@H](C(=O)NCCc3cccc(Cl)c3)N(Cc3ccco3)C2)nn1. The van der Waals surface area contributed by atoms with Crippen LogP contribution in [0.15, 0.2) is 53.3 Å². The minimum Gasteiger partial charge on any atom is -0.468 e. The molecule has 2 aromatic heterocycles. The lowest BCUT2D eigenvalue weighted by Crippen LogP contribution is -2.43. The fourth-order valence-corrected chi connectivity index (χ4v) is 4.13. The number of nitrogens with zero attached hydrogens (tertiary/aromatic N) is 4. The van der Waals surface area contributed by atoms with E-state index in [9.17, 15) is 9.59 Å². The molecule has 168 valence electrons. The van der Waals surface area contributed by atoms with Crippen LogP contribution in [0.25, 0.3) is 0 Å². The maximum atomic E-state index is 13.0. The average Bonchev–Trinajstić information content (AvgIpc) is 3.54. The van der Waals surface area contributed by atoms with Crippen molar-refractivity contribution in [2.24, 2.45) is 0 Å². The van der Waals surface area contributed by atoms with Crippen LogP contribution in [0.4, 0.5) is 0 Å². The van der Waals surface area contributed by atoms with Gasteiger partial charge in [0.15, 0.2) is 5.69 Å². The number of esters is 1. The van der Waals surface area contributed by atoms with Crippen molar-refractivity contribution in [1.29, 1.82) is 0 Å². The van der Waals surface area contributed by atoms with Crippen molar-refractivity contribution in [3.05, 3.63) is 70.9 Å². The molecule has 32 heavy (non-hydrogen) atoms. The Morgan fingerprint density at radius 3 is 2.94 bits per heavy atom. The van der Waals surface area contributed by atoms with Gasteiger partial charge in [-0.15, -0.1) is 5.10 Å². The second-order valence-corrected chi connectivity index (χ2v) is 8.10. The number of halogens is 1. The van der Waals surface area contributed by atoms with Crippen molar-refractivity contribution in [3.63, 3.8) is 0 Å². The first-order valence-corrected chi connectivity index (χ1v) is 10.7. The van der Waals surface area contributed by atoms with Gasteiger partial charge in [0.1, 0.15) is 5.76 Å². The molecule has 0 aliphatic carbocycles. The van der Waals surface area contributed by atoms with Gasteiger partial charge in [-0.05, 0) is 42.7 Å². The van der Waals surface area contributed by atoms with E-state index >= 15 is 0 Å². The molecule has 0 saturated carbocycles. The van der Waals surface area contributed by atoms with Crippen molar-refractivity contribution in [2.45, 2.75) is 31.5 Å². The van der Waals surface area contributed by atoms with Crippen LogP contribution < -0.4 is 5.32 Å². The molecule has 1 aliphatic rings. The maximum absolute atomic E-state index is 13.0. The van der Waals surface area contributed by atoms with Crippen LogP contribution in [0.5, 0.6) is 0 Å². The Labute approximate surface area is 190 Å². The lowest BCUT2D eigenvalue weighted by Gasteiger charge is -2.22. The molecule has 9 nitrogen and oxygen atoms in total. The summed E-state index contributed by atoms with van der Waals surface area (Å²) in [5.41, 5.74) is 1.20. The molecule has 10 heteroatoms. The van der Waals surface area contributed by atoms with Crippen molar-refractivity contribution < 1.29 is 18.7 Å². The van der Waals surface area contributed by atoms with E-state index in [-0.39, 0.29) is 23.7 Å². The highest BCUT2D eigenvalue weighted by atomic mass is 35.5. The molecule has 1 aliphatic heterocycles. The van der Waals surface area contributed by atoms with E-state index < -0.39 is 5.97 Å². The van der Waals surface area contributed by atoms with E-state index in [0.717, 1.165) is 11.3 Å². The Hall–Kier alpha value is -3.17. The zero-order chi connectivity index (χ0) is 22.5. The molecule has 3 aromatic rings. The molecule has 1 amide bonds. The van der Waals surface area contributed by atoms with E-state index in [4.69, 9.17) is 20.8 Å². The van der Waals surface area contributed by atoms with Crippen LogP contribution in [-0.4, -0.2) is 58.0 Å². The van der Waals surface area contributed by atoms with Gasteiger partial charge in [-0.2, -0.15) is 0 Å². The van der Waals surface area contributed by atoms with Crippen molar-refractivity contribution in [2.75, 3.05) is 20.2 Å². The van der Waals surface area contributed by atoms with Gasteiger partial charge in [0.05, 0.1) is 38.2 Å². The topological polar surface area (TPSA) is 102 Å². The van der Waals surface area contributed by atoms with Gasteiger partial charge in [0.2, 0.25) is 5.91 Å². The van der Waals surface area contributed by atoms with Gasteiger partial charge in [0, 0.05) is 18.1 Å². The number of nitrogens with one attached hydrogen (secondary N) is 1. The van der Waals surface area contributed by atoms with E-state index in [1.807, 2.05) is 36.4 Å². The highest BCUT2D eigenvalue weighted by Gasteiger charge is 2.38. The molecule has 2 atom stereocenters. The number of likely N-dealkylation sites (tertiary alicyclic amines) is 1. The second-order valence-electron chi connectivity index (χ2n) is 7.66. The number of carbonyl (C=O) groups is 2. The average molecular weight is 458 g/mol. The normalized spacial score (nSPS) is 18.6. The number of benzene rings is 1. The van der Waals surface area contributed by atoms with Crippen LogP contribution in [-0.2, 0) is 22.5 Å². The predicted octanol–water partition coefficient (Wildman–Crippen LogP) is 2.49. The Balaban J connectivity index is 1.43. The third-order valence-corrected chi connectivity index (χ3v) is 5.74. The largest absolute Gasteiger partial charge is 0.468 e. The molecule has 0 unspecified atom stereocenters. The molecule has 3 heterocycles. The monoisotopic (exact) mass is 457 g/mol. The number of hydrogen-bond donors (Lipinski definition) is 1. The van der Waals surface area contributed by atoms with Crippen LogP contribution in [0.3, 0.4) is 0 Å². The molecular formula is C22H24ClN5O4. The van der Waals surface area contributed by atoms with Crippen LogP contribution in [0, 0.1) is 0 Å². The smallest absolute Gasteiger partial charge is 0.360 e. The van der Waals surface area contributed by atoms with Gasteiger partial charge >= 0.3 is 5.97 Å². The van der Waals surface area contributed by atoms with E-state index in [1.54, 1.807) is 17.1 Å². The summed E-state index contributed by atoms with van der Waals surface area (Å²) in [5, 5.41) is 11.7. The Morgan fingerprint density at radius 1 is 1.31 bits per heavy atom. The first-order valence-electron chi connectivity index (χ1n) is 10.3. The summed E-state index contributed by atoms with van der Waals surface area (Å²) in [7, 11) is 1.30. The quantitative estimate of drug-likeness (QED) is 0.518. The number of carbonyl (C=O) groups excluding carboxylic acids is 2. The fraction of sp³-hybridized carbons (Fsp3) is 0.364. The maximum Gasteiger partial charge on any atom is 0.360 e. The van der Waals surface area contributed by atoms with Gasteiger partial charge in [-0.3, -0.25) is 9.69 Å². The van der Waals surface area contributed by atoms with E-state index in [0.29, 0.717) is 37.5 Å². The molecule has 1 fully saturated rings. The number of ether oxygens (including phenoxy) is 1. The van der Waals surface area contributed by atoms with E-state index in [1.165, 1.54) is 7.11 Å². The Bertz CT molecular complexity index is 1070. The number of hydrogen-bond acceptors (Lipinski definition) is 7. The van der Waals surface area contributed by atoms with Gasteiger partial charge < -0.3 is 14.5 Å². The van der Waals surface area contributed by atoms with Crippen LogP contribution in [0.1, 0.15) is 34.3 Å². The van der Waals surface area contributed by atoms with Crippen LogP contribution in [0.2, 0.25) is 5.02 Å². The lowest BCUT2D eigenvalue weighted by atomic mass is 10.1. The van der Waals surface area contributed by atoms with Crippen LogP contribution >= 0.6 is 11.6 Å². The molecule has 4 rings (SSSR count). The zero-order valence-corrected chi connectivity index (χ0v) is 18.4. The molecule has 1 N–H and O–H groups in total. The van der Waals surface area contributed by atoms with Crippen molar-refractivity contribution in [3.8, 4) is 0 Å².